The first-order chi connectivity index (χ1) is 19.7. The van der Waals surface area contributed by atoms with E-state index in [4.69, 9.17) is 4.98 Å². The molecular formula is C36H30N4O. The maximum atomic E-state index is 11.6. The molecule has 0 bridgehead atoms. The Hall–Kier alpha value is -5.21. The average Bonchev–Trinajstić information content (AvgIpc) is 3.33. The quantitative estimate of drug-likeness (QED) is 0.246. The minimum absolute atomic E-state index is 0.217. The van der Waals surface area contributed by atoms with Gasteiger partial charge in [-0.25, -0.2) is 4.98 Å². The smallest absolute Gasteiger partial charge is 0.144 e. The Labute approximate surface area is 240 Å². The zero-order valence-corrected chi connectivity index (χ0v) is 23.6. The molecule has 0 aliphatic rings. The second-order valence-corrected chi connectivity index (χ2v) is 11.3. The summed E-state index contributed by atoms with van der Waals surface area (Å²) in [4.78, 5) is 9.64. The Morgan fingerprint density at radius 2 is 1.49 bits per heavy atom. The first kappa shape index (κ1) is 26.0. The van der Waals surface area contributed by atoms with E-state index in [2.05, 4.69) is 56.1 Å². The van der Waals surface area contributed by atoms with Crippen LogP contribution >= 0.6 is 0 Å². The summed E-state index contributed by atoms with van der Waals surface area (Å²) in [5, 5.41) is 21.6. The highest BCUT2D eigenvalue weighted by molar-refractivity contribution is 5.96. The SMILES string of the molecule is Cn1c(-c2cc(-c3ccccc3)cc(C(C)(C)C)c2O)nc2c(-c3cccc(-c4ccccn4)c3)cc(C#N)cc21. The van der Waals surface area contributed by atoms with E-state index in [0.29, 0.717) is 17.0 Å². The first-order valence-electron chi connectivity index (χ1n) is 13.6. The third-order valence-corrected chi connectivity index (χ3v) is 7.52. The molecule has 0 fully saturated rings. The van der Waals surface area contributed by atoms with E-state index in [1.54, 1.807) is 6.20 Å². The number of rotatable bonds is 4. The average molecular weight is 535 g/mol. The van der Waals surface area contributed by atoms with E-state index < -0.39 is 0 Å². The fourth-order valence-corrected chi connectivity index (χ4v) is 5.37. The number of nitrogens with zero attached hydrogens (tertiary/aromatic N) is 4. The van der Waals surface area contributed by atoms with Crippen molar-refractivity contribution in [1.29, 1.82) is 5.26 Å². The first-order valence-corrected chi connectivity index (χ1v) is 13.6. The van der Waals surface area contributed by atoms with Gasteiger partial charge in [-0.1, -0.05) is 75.4 Å². The lowest BCUT2D eigenvalue weighted by Gasteiger charge is -2.23. The molecule has 0 radical (unpaired) electrons. The van der Waals surface area contributed by atoms with Crippen LogP contribution in [0.5, 0.6) is 5.75 Å². The number of pyridine rings is 1. The summed E-state index contributed by atoms with van der Waals surface area (Å²) in [5.74, 6) is 0.854. The maximum Gasteiger partial charge on any atom is 0.144 e. The van der Waals surface area contributed by atoms with Gasteiger partial charge in [-0.3, -0.25) is 4.98 Å². The molecule has 2 heterocycles. The van der Waals surface area contributed by atoms with Crippen LogP contribution in [0, 0.1) is 11.3 Å². The van der Waals surface area contributed by atoms with Crippen molar-refractivity contribution in [2.75, 3.05) is 0 Å². The molecule has 0 atom stereocenters. The van der Waals surface area contributed by atoms with Gasteiger partial charge in [0.05, 0.1) is 33.9 Å². The van der Waals surface area contributed by atoms with Crippen LogP contribution in [0.2, 0.25) is 0 Å². The molecule has 41 heavy (non-hydrogen) atoms. The van der Waals surface area contributed by atoms with Crippen molar-refractivity contribution >= 4 is 11.0 Å². The minimum atomic E-state index is -0.292. The van der Waals surface area contributed by atoms with Crippen LogP contribution in [-0.2, 0) is 12.5 Å². The monoisotopic (exact) mass is 534 g/mol. The predicted molar refractivity (Wildman–Crippen MR) is 165 cm³/mol. The zero-order chi connectivity index (χ0) is 28.7. The van der Waals surface area contributed by atoms with E-state index >= 15 is 0 Å². The Bertz CT molecular complexity index is 1940. The van der Waals surface area contributed by atoms with Crippen molar-refractivity contribution in [3.63, 3.8) is 0 Å². The minimum Gasteiger partial charge on any atom is -0.507 e. The number of phenolic OH excluding ortho intramolecular Hbond substituents is 1. The number of aromatic nitrogens is 3. The molecule has 1 N–H and O–H groups in total. The summed E-state index contributed by atoms with van der Waals surface area (Å²) in [5.41, 5.74) is 9.07. The lowest BCUT2D eigenvalue weighted by molar-refractivity contribution is 0.448. The molecule has 0 amide bonds. The van der Waals surface area contributed by atoms with Crippen LogP contribution in [0.3, 0.4) is 0 Å². The van der Waals surface area contributed by atoms with Gasteiger partial charge >= 0.3 is 0 Å². The third kappa shape index (κ3) is 4.74. The molecule has 0 aliphatic carbocycles. The van der Waals surface area contributed by atoms with Crippen LogP contribution in [0.4, 0.5) is 0 Å². The summed E-state index contributed by atoms with van der Waals surface area (Å²) in [6.45, 7) is 6.30. The van der Waals surface area contributed by atoms with E-state index in [1.165, 1.54) is 0 Å². The normalized spacial score (nSPS) is 11.5. The number of imidazole rings is 1. The van der Waals surface area contributed by atoms with Gasteiger partial charge in [0.25, 0.3) is 0 Å². The maximum absolute atomic E-state index is 11.6. The second-order valence-electron chi connectivity index (χ2n) is 11.3. The number of phenols is 1. The topological polar surface area (TPSA) is 74.7 Å². The van der Waals surface area contributed by atoms with Crippen molar-refractivity contribution in [2.45, 2.75) is 26.2 Å². The molecule has 5 nitrogen and oxygen atoms in total. The summed E-state index contributed by atoms with van der Waals surface area (Å²) < 4.78 is 1.97. The standard InChI is InChI=1S/C36H30N4O/c1-36(2,3)30-21-27(24-11-6-5-7-12-24)20-29(34(30)41)35-39-33-28(17-23(22-37)18-32(33)40(35)4)25-13-10-14-26(19-25)31-15-8-9-16-38-31/h5-21,41H,1-4H3. The van der Waals surface area contributed by atoms with Gasteiger partial charge < -0.3 is 9.67 Å². The van der Waals surface area contributed by atoms with Gasteiger partial charge in [0.1, 0.15) is 11.6 Å². The Kier molecular flexibility index (Phi) is 6.40. The van der Waals surface area contributed by atoms with Crippen molar-refractivity contribution in [2.24, 2.45) is 7.05 Å². The van der Waals surface area contributed by atoms with E-state index in [9.17, 15) is 10.4 Å². The molecule has 6 rings (SSSR count). The van der Waals surface area contributed by atoms with Gasteiger partial charge in [-0.15, -0.1) is 0 Å². The fraction of sp³-hybridized carbons (Fsp3) is 0.139. The van der Waals surface area contributed by atoms with E-state index in [1.807, 2.05) is 84.4 Å². The largest absolute Gasteiger partial charge is 0.507 e. The van der Waals surface area contributed by atoms with Crippen molar-refractivity contribution in [1.82, 2.24) is 14.5 Å². The second kappa shape index (κ2) is 10.1. The lowest BCUT2D eigenvalue weighted by Crippen LogP contribution is -2.12. The highest BCUT2D eigenvalue weighted by Crippen LogP contribution is 2.43. The summed E-state index contributed by atoms with van der Waals surface area (Å²) >= 11 is 0. The zero-order valence-electron chi connectivity index (χ0n) is 23.6. The molecule has 0 spiro atoms. The van der Waals surface area contributed by atoms with Crippen molar-refractivity contribution in [3.05, 3.63) is 114 Å². The molecular weight excluding hydrogens is 504 g/mol. The number of aryl methyl sites for hydroxylation is 1. The van der Waals surface area contributed by atoms with Crippen LogP contribution in [0.25, 0.3) is 55.9 Å². The number of benzene rings is 4. The van der Waals surface area contributed by atoms with Gasteiger partial charge in [0, 0.05) is 29.9 Å². The molecule has 2 aromatic heterocycles. The molecule has 0 unspecified atom stereocenters. The van der Waals surface area contributed by atoms with Gasteiger partial charge in [-0.2, -0.15) is 5.26 Å². The van der Waals surface area contributed by atoms with Gasteiger partial charge in [0.2, 0.25) is 0 Å². The third-order valence-electron chi connectivity index (χ3n) is 7.52. The fourth-order valence-electron chi connectivity index (χ4n) is 5.37. The van der Waals surface area contributed by atoms with Crippen molar-refractivity contribution < 1.29 is 5.11 Å². The highest BCUT2D eigenvalue weighted by Gasteiger charge is 2.25. The Balaban J connectivity index is 1.60. The lowest BCUT2D eigenvalue weighted by atomic mass is 9.83. The number of hydrogen-bond donors (Lipinski definition) is 1. The van der Waals surface area contributed by atoms with Gasteiger partial charge in [-0.05, 0) is 64.6 Å². The summed E-state index contributed by atoms with van der Waals surface area (Å²) in [7, 11) is 1.94. The van der Waals surface area contributed by atoms with E-state index in [-0.39, 0.29) is 11.2 Å². The molecule has 0 saturated heterocycles. The van der Waals surface area contributed by atoms with Crippen LogP contribution in [0.15, 0.2) is 103 Å². The number of fused-ring (bicyclic) bond motifs is 1. The Morgan fingerprint density at radius 3 is 2.20 bits per heavy atom. The van der Waals surface area contributed by atoms with Crippen molar-refractivity contribution in [3.8, 4) is 56.7 Å². The molecule has 200 valence electrons. The molecule has 0 saturated carbocycles. The predicted octanol–water partition coefficient (Wildman–Crippen LogP) is 8.51. The number of aromatic hydroxyl groups is 1. The molecule has 6 aromatic rings. The summed E-state index contributed by atoms with van der Waals surface area (Å²) in [6, 6.07) is 34.3. The molecule has 4 aromatic carbocycles. The van der Waals surface area contributed by atoms with Crippen LogP contribution in [-0.4, -0.2) is 19.6 Å². The Morgan fingerprint density at radius 1 is 0.756 bits per heavy atom. The van der Waals surface area contributed by atoms with Crippen LogP contribution < -0.4 is 0 Å². The number of hydrogen-bond acceptors (Lipinski definition) is 4. The van der Waals surface area contributed by atoms with Crippen LogP contribution in [0.1, 0.15) is 31.9 Å². The summed E-state index contributed by atoms with van der Waals surface area (Å²) in [6.07, 6.45) is 1.78. The number of nitriles is 1. The highest BCUT2D eigenvalue weighted by atomic mass is 16.3. The van der Waals surface area contributed by atoms with Gasteiger partial charge in [0.15, 0.2) is 0 Å². The van der Waals surface area contributed by atoms with E-state index in [0.717, 1.165) is 50.1 Å². The molecule has 5 heteroatoms. The molecule has 0 aliphatic heterocycles.